The standard InChI is InChI=1S/C15H16N2O4/c1-19-13-9-20-8-12(13)17-15(18)11-7-16-21-14(11)10-5-3-2-4-6-10/h2-7,12-13H,8-9H2,1H3,(H,17,18)/t12-,13-/m0/s1. The number of amides is 1. The summed E-state index contributed by atoms with van der Waals surface area (Å²) in [5.74, 6) is 0.216. The van der Waals surface area contributed by atoms with Crippen LogP contribution in [0.15, 0.2) is 41.1 Å². The number of ether oxygens (including phenoxy) is 2. The molecule has 1 fully saturated rings. The molecule has 0 unspecified atom stereocenters. The van der Waals surface area contributed by atoms with Gasteiger partial charge in [0.2, 0.25) is 0 Å². The molecule has 0 radical (unpaired) electrons. The Morgan fingerprint density at radius 3 is 2.90 bits per heavy atom. The zero-order valence-corrected chi connectivity index (χ0v) is 11.6. The van der Waals surface area contributed by atoms with Gasteiger partial charge in [0.25, 0.3) is 5.91 Å². The molecule has 3 rings (SSSR count). The van der Waals surface area contributed by atoms with Gasteiger partial charge in [-0.25, -0.2) is 0 Å². The topological polar surface area (TPSA) is 73.6 Å². The lowest BCUT2D eigenvalue weighted by molar-refractivity contribution is 0.0685. The quantitative estimate of drug-likeness (QED) is 0.922. The molecular weight excluding hydrogens is 272 g/mol. The Labute approximate surface area is 122 Å². The van der Waals surface area contributed by atoms with Crippen molar-refractivity contribution in [2.24, 2.45) is 0 Å². The van der Waals surface area contributed by atoms with Crippen LogP contribution in [0.2, 0.25) is 0 Å². The second kappa shape index (κ2) is 6.07. The summed E-state index contributed by atoms with van der Waals surface area (Å²) in [4.78, 5) is 12.4. The Hall–Kier alpha value is -2.18. The van der Waals surface area contributed by atoms with Crippen molar-refractivity contribution in [1.82, 2.24) is 10.5 Å². The Kier molecular flexibility index (Phi) is 3.98. The molecule has 0 spiro atoms. The summed E-state index contributed by atoms with van der Waals surface area (Å²) < 4.78 is 15.8. The molecule has 1 amide bonds. The van der Waals surface area contributed by atoms with E-state index in [0.29, 0.717) is 24.5 Å². The van der Waals surface area contributed by atoms with Crippen LogP contribution in [0.3, 0.4) is 0 Å². The van der Waals surface area contributed by atoms with E-state index in [4.69, 9.17) is 14.0 Å². The number of aromatic nitrogens is 1. The molecule has 1 saturated heterocycles. The van der Waals surface area contributed by atoms with E-state index >= 15 is 0 Å². The first-order valence-corrected chi connectivity index (χ1v) is 6.71. The van der Waals surface area contributed by atoms with Crippen molar-refractivity contribution in [3.63, 3.8) is 0 Å². The van der Waals surface area contributed by atoms with E-state index in [9.17, 15) is 4.79 Å². The van der Waals surface area contributed by atoms with Crippen LogP contribution in [-0.2, 0) is 9.47 Å². The van der Waals surface area contributed by atoms with Crippen LogP contribution in [0.5, 0.6) is 0 Å². The van der Waals surface area contributed by atoms with Gasteiger partial charge in [0.05, 0.1) is 25.5 Å². The summed E-state index contributed by atoms with van der Waals surface area (Å²) in [7, 11) is 1.60. The maximum Gasteiger partial charge on any atom is 0.257 e. The molecule has 6 heteroatoms. The van der Waals surface area contributed by atoms with E-state index in [1.165, 1.54) is 6.20 Å². The molecule has 0 bridgehead atoms. The Morgan fingerprint density at radius 1 is 1.33 bits per heavy atom. The molecule has 2 aromatic rings. The Bertz CT molecular complexity index is 611. The normalized spacial score (nSPS) is 21.4. The van der Waals surface area contributed by atoms with Gasteiger partial charge in [0.15, 0.2) is 5.76 Å². The largest absolute Gasteiger partial charge is 0.377 e. The van der Waals surface area contributed by atoms with E-state index in [-0.39, 0.29) is 18.1 Å². The van der Waals surface area contributed by atoms with E-state index in [0.717, 1.165) is 5.56 Å². The minimum atomic E-state index is -0.243. The van der Waals surface area contributed by atoms with E-state index < -0.39 is 0 Å². The molecule has 1 aliphatic rings. The smallest absolute Gasteiger partial charge is 0.257 e. The third-order valence-electron chi connectivity index (χ3n) is 3.50. The van der Waals surface area contributed by atoms with Gasteiger partial charge in [0, 0.05) is 12.7 Å². The van der Waals surface area contributed by atoms with E-state index in [2.05, 4.69) is 10.5 Å². The fraction of sp³-hybridized carbons (Fsp3) is 0.333. The SMILES string of the molecule is CO[C@H]1COC[C@@H]1NC(=O)c1cnoc1-c1ccccc1. The van der Waals surface area contributed by atoms with Gasteiger partial charge in [-0.05, 0) is 0 Å². The van der Waals surface area contributed by atoms with Gasteiger partial charge < -0.3 is 19.3 Å². The van der Waals surface area contributed by atoms with E-state index in [1.807, 2.05) is 30.3 Å². The number of hydrogen-bond donors (Lipinski definition) is 1. The first-order valence-electron chi connectivity index (χ1n) is 6.71. The van der Waals surface area contributed by atoms with Gasteiger partial charge in [-0.2, -0.15) is 0 Å². The van der Waals surface area contributed by atoms with Gasteiger partial charge >= 0.3 is 0 Å². The fourth-order valence-corrected chi connectivity index (χ4v) is 2.35. The highest BCUT2D eigenvalue weighted by atomic mass is 16.5. The molecule has 6 nitrogen and oxygen atoms in total. The van der Waals surface area contributed by atoms with Gasteiger partial charge in [-0.1, -0.05) is 35.5 Å². The molecule has 0 saturated carbocycles. The average molecular weight is 288 g/mol. The monoisotopic (exact) mass is 288 g/mol. The number of carbonyl (C=O) groups excluding carboxylic acids is 1. The van der Waals surface area contributed by atoms with Crippen LogP contribution < -0.4 is 5.32 Å². The number of hydrogen-bond acceptors (Lipinski definition) is 5. The lowest BCUT2D eigenvalue weighted by Gasteiger charge is -2.17. The number of carbonyl (C=O) groups is 1. The minimum Gasteiger partial charge on any atom is -0.377 e. The van der Waals surface area contributed by atoms with Gasteiger partial charge in [0.1, 0.15) is 11.7 Å². The van der Waals surface area contributed by atoms with Crippen molar-refractivity contribution in [3.05, 3.63) is 42.1 Å². The highest BCUT2D eigenvalue weighted by Crippen LogP contribution is 2.23. The van der Waals surface area contributed by atoms with Crippen LogP contribution in [-0.4, -0.2) is 43.5 Å². The summed E-state index contributed by atoms with van der Waals surface area (Å²) in [5.41, 5.74) is 1.22. The lowest BCUT2D eigenvalue weighted by Crippen LogP contribution is -2.43. The predicted molar refractivity (Wildman–Crippen MR) is 74.8 cm³/mol. The molecule has 2 atom stereocenters. The van der Waals surface area contributed by atoms with Crippen molar-refractivity contribution in [2.75, 3.05) is 20.3 Å². The summed E-state index contributed by atoms with van der Waals surface area (Å²) in [6, 6.07) is 9.23. The highest BCUT2D eigenvalue weighted by Gasteiger charge is 2.31. The van der Waals surface area contributed by atoms with Gasteiger partial charge in [-0.3, -0.25) is 4.79 Å². The number of rotatable bonds is 4. The Balaban J connectivity index is 1.78. The van der Waals surface area contributed by atoms with Crippen molar-refractivity contribution >= 4 is 5.91 Å². The Morgan fingerprint density at radius 2 is 2.14 bits per heavy atom. The van der Waals surface area contributed by atoms with Crippen LogP contribution >= 0.6 is 0 Å². The summed E-state index contributed by atoms with van der Waals surface area (Å²) >= 11 is 0. The third-order valence-corrected chi connectivity index (χ3v) is 3.50. The average Bonchev–Trinajstić information content (AvgIpc) is 3.16. The minimum absolute atomic E-state index is 0.131. The van der Waals surface area contributed by atoms with Crippen LogP contribution in [0.25, 0.3) is 11.3 Å². The molecule has 0 aliphatic carbocycles. The first kappa shape index (κ1) is 13.8. The van der Waals surface area contributed by atoms with Crippen molar-refractivity contribution in [2.45, 2.75) is 12.1 Å². The van der Waals surface area contributed by atoms with Crippen molar-refractivity contribution in [3.8, 4) is 11.3 Å². The zero-order chi connectivity index (χ0) is 14.7. The zero-order valence-electron chi connectivity index (χ0n) is 11.6. The molecular formula is C15H16N2O4. The predicted octanol–water partition coefficient (Wildman–Crippen LogP) is 1.49. The second-order valence-corrected chi connectivity index (χ2v) is 4.83. The number of methoxy groups -OCH3 is 1. The lowest BCUT2D eigenvalue weighted by atomic mass is 10.1. The summed E-state index contributed by atoms with van der Waals surface area (Å²) in [6.07, 6.45) is 1.30. The number of nitrogens with one attached hydrogen (secondary N) is 1. The number of nitrogens with zero attached hydrogens (tertiary/aromatic N) is 1. The summed E-state index contributed by atoms with van der Waals surface area (Å²) in [6.45, 7) is 0.923. The van der Waals surface area contributed by atoms with Crippen LogP contribution in [0, 0.1) is 0 Å². The molecule has 1 aromatic heterocycles. The van der Waals surface area contributed by atoms with E-state index in [1.54, 1.807) is 7.11 Å². The fourth-order valence-electron chi connectivity index (χ4n) is 2.35. The molecule has 1 N–H and O–H groups in total. The van der Waals surface area contributed by atoms with Crippen molar-refractivity contribution in [1.29, 1.82) is 0 Å². The summed E-state index contributed by atoms with van der Waals surface area (Å²) in [5, 5.41) is 6.64. The number of benzene rings is 1. The third kappa shape index (κ3) is 2.81. The second-order valence-electron chi connectivity index (χ2n) is 4.83. The first-order chi connectivity index (χ1) is 10.3. The van der Waals surface area contributed by atoms with Crippen molar-refractivity contribution < 1.29 is 18.8 Å². The van der Waals surface area contributed by atoms with Crippen LogP contribution in [0.4, 0.5) is 0 Å². The molecule has 110 valence electrons. The highest BCUT2D eigenvalue weighted by molar-refractivity contribution is 5.99. The maximum absolute atomic E-state index is 12.4. The molecule has 1 aliphatic heterocycles. The molecule has 2 heterocycles. The molecule has 21 heavy (non-hydrogen) atoms. The van der Waals surface area contributed by atoms with Crippen LogP contribution in [0.1, 0.15) is 10.4 Å². The molecule has 1 aromatic carbocycles. The maximum atomic E-state index is 12.4. The van der Waals surface area contributed by atoms with Gasteiger partial charge in [-0.15, -0.1) is 0 Å².